The van der Waals surface area contributed by atoms with Gasteiger partial charge in [-0.1, -0.05) is 0 Å². The van der Waals surface area contributed by atoms with Gasteiger partial charge in [0.25, 0.3) is 0 Å². The maximum absolute atomic E-state index is 12.2. The molecule has 0 saturated carbocycles. The van der Waals surface area contributed by atoms with E-state index in [9.17, 15) is 4.79 Å². The summed E-state index contributed by atoms with van der Waals surface area (Å²) in [5, 5.41) is 9.86. The Labute approximate surface area is 128 Å². The molecule has 3 nitrogen and oxygen atoms in total. The monoisotopic (exact) mass is 344 g/mol. The largest absolute Gasteiger partial charge is 0.340 e. The number of ketones is 1. The van der Waals surface area contributed by atoms with Gasteiger partial charge < -0.3 is 4.57 Å². The summed E-state index contributed by atoms with van der Waals surface area (Å²) >= 11 is 4.80. The molecule has 0 aliphatic rings. The molecule has 0 saturated heterocycles. The number of nitrogens with zero attached hydrogens (tertiary/aromatic N) is 2. The Morgan fingerprint density at radius 1 is 1.30 bits per heavy atom. The lowest BCUT2D eigenvalue weighted by atomic mass is 10.2. The van der Waals surface area contributed by atoms with Crippen LogP contribution in [-0.2, 0) is 6.54 Å². The van der Waals surface area contributed by atoms with Gasteiger partial charge in [0.05, 0.1) is 26.8 Å². The van der Waals surface area contributed by atoms with Crippen molar-refractivity contribution < 1.29 is 4.79 Å². The zero-order valence-corrected chi connectivity index (χ0v) is 12.7. The number of thiophene rings is 1. The third kappa shape index (κ3) is 2.40. The smallest absolute Gasteiger partial charge is 0.192 e. The highest BCUT2D eigenvalue weighted by Gasteiger charge is 2.11. The topological polar surface area (TPSA) is 45.8 Å². The van der Waals surface area contributed by atoms with Gasteiger partial charge in [0.1, 0.15) is 0 Å². The second kappa shape index (κ2) is 5.23. The number of hydrogen-bond donors (Lipinski definition) is 0. The maximum atomic E-state index is 12.2. The van der Waals surface area contributed by atoms with Gasteiger partial charge in [-0.15, -0.1) is 11.3 Å². The highest BCUT2D eigenvalue weighted by Crippen LogP contribution is 2.24. The number of benzene rings is 1. The predicted octanol–water partition coefficient (Wildman–Crippen LogP) is 4.22. The van der Waals surface area contributed by atoms with Gasteiger partial charge in [-0.3, -0.25) is 4.79 Å². The van der Waals surface area contributed by atoms with Crippen molar-refractivity contribution in [1.29, 1.82) is 5.26 Å². The van der Waals surface area contributed by atoms with Gasteiger partial charge in [0.15, 0.2) is 5.78 Å². The molecule has 0 N–H and O–H groups in total. The van der Waals surface area contributed by atoms with Gasteiger partial charge in [-0.2, -0.15) is 5.26 Å². The van der Waals surface area contributed by atoms with E-state index in [1.54, 1.807) is 6.07 Å². The minimum atomic E-state index is 0.0857. The summed E-state index contributed by atoms with van der Waals surface area (Å²) < 4.78 is 2.86. The number of aromatic nitrogens is 1. The van der Waals surface area contributed by atoms with E-state index in [2.05, 4.69) is 22.0 Å². The molecule has 3 rings (SSSR count). The molecule has 20 heavy (non-hydrogen) atoms. The summed E-state index contributed by atoms with van der Waals surface area (Å²) in [6, 6.07) is 13.2. The van der Waals surface area contributed by atoms with Crippen LogP contribution in [0.25, 0.3) is 10.9 Å². The van der Waals surface area contributed by atoms with Gasteiger partial charge in [0, 0.05) is 17.1 Å². The van der Waals surface area contributed by atoms with Crippen molar-refractivity contribution in [3.8, 4) is 6.07 Å². The molecule has 0 spiro atoms. The molecule has 0 fully saturated rings. The third-order valence-electron chi connectivity index (χ3n) is 3.06. The molecule has 0 unspecified atom stereocenters. The van der Waals surface area contributed by atoms with Crippen molar-refractivity contribution in [3.05, 3.63) is 56.8 Å². The molecular weight excluding hydrogens is 336 g/mol. The van der Waals surface area contributed by atoms with E-state index in [1.807, 2.05) is 41.1 Å². The summed E-state index contributed by atoms with van der Waals surface area (Å²) in [6.07, 6.45) is 1.88. The van der Waals surface area contributed by atoms with E-state index in [4.69, 9.17) is 5.26 Å². The van der Waals surface area contributed by atoms with Crippen LogP contribution >= 0.6 is 27.3 Å². The first-order valence-corrected chi connectivity index (χ1v) is 7.56. The number of fused-ring (bicyclic) bond motifs is 1. The second-order valence-electron chi connectivity index (χ2n) is 4.36. The summed E-state index contributed by atoms with van der Waals surface area (Å²) in [6.45, 7) is 0.308. The van der Waals surface area contributed by atoms with E-state index in [1.165, 1.54) is 11.3 Å². The minimum absolute atomic E-state index is 0.0857. The van der Waals surface area contributed by atoms with E-state index in [0.717, 1.165) is 19.6 Å². The molecular formula is C15H9BrN2OS. The van der Waals surface area contributed by atoms with Crippen molar-refractivity contribution >= 4 is 44.0 Å². The van der Waals surface area contributed by atoms with Crippen molar-refractivity contribution in [2.24, 2.45) is 0 Å². The highest BCUT2D eigenvalue weighted by atomic mass is 79.9. The number of carbonyl (C=O) groups excluding carboxylic acids is 1. The molecule has 0 aliphatic heterocycles. The average molecular weight is 345 g/mol. The first-order valence-electron chi connectivity index (χ1n) is 5.95. The van der Waals surface area contributed by atoms with Crippen LogP contribution in [0.15, 0.2) is 46.4 Å². The van der Waals surface area contributed by atoms with Crippen molar-refractivity contribution in [2.75, 3.05) is 0 Å². The SMILES string of the molecule is N#Cc1ccc2c(ccn2CC(=O)c2ccc(Br)s2)c1. The van der Waals surface area contributed by atoms with Crippen LogP contribution in [0.2, 0.25) is 0 Å². The van der Waals surface area contributed by atoms with Crippen molar-refractivity contribution in [2.45, 2.75) is 6.54 Å². The van der Waals surface area contributed by atoms with Crippen LogP contribution in [0.3, 0.4) is 0 Å². The molecule has 5 heteroatoms. The van der Waals surface area contributed by atoms with Gasteiger partial charge in [0.2, 0.25) is 0 Å². The summed E-state index contributed by atoms with van der Waals surface area (Å²) in [4.78, 5) is 13.0. The fourth-order valence-corrected chi connectivity index (χ4v) is 3.42. The van der Waals surface area contributed by atoms with Crippen LogP contribution in [0.1, 0.15) is 15.2 Å². The number of carbonyl (C=O) groups is 1. The fraction of sp³-hybridized carbons (Fsp3) is 0.0667. The first kappa shape index (κ1) is 13.1. The van der Waals surface area contributed by atoms with Gasteiger partial charge >= 0.3 is 0 Å². The van der Waals surface area contributed by atoms with Crippen LogP contribution in [0, 0.1) is 11.3 Å². The molecule has 2 heterocycles. The third-order valence-corrected chi connectivity index (χ3v) is 4.73. The Balaban J connectivity index is 1.92. The lowest BCUT2D eigenvalue weighted by Gasteiger charge is -2.03. The quantitative estimate of drug-likeness (QED) is 0.667. The summed E-state index contributed by atoms with van der Waals surface area (Å²) in [7, 11) is 0. The fourth-order valence-electron chi connectivity index (χ4n) is 2.10. The van der Waals surface area contributed by atoms with E-state index in [-0.39, 0.29) is 5.78 Å². The number of Topliss-reactive ketones (excluding diaryl/α,β-unsaturated/α-hetero) is 1. The molecule has 2 aromatic heterocycles. The lowest BCUT2D eigenvalue weighted by molar-refractivity contribution is 0.0977. The molecule has 0 amide bonds. The predicted molar refractivity (Wildman–Crippen MR) is 83.0 cm³/mol. The molecule has 0 bridgehead atoms. The Bertz CT molecular complexity index is 841. The molecule has 0 aliphatic carbocycles. The Morgan fingerprint density at radius 2 is 2.15 bits per heavy atom. The average Bonchev–Trinajstić information content (AvgIpc) is 3.05. The van der Waals surface area contributed by atoms with E-state index in [0.29, 0.717) is 12.1 Å². The standard InChI is InChI=1S/C15H9BrN2OS/c16-15-4-3-14(20-15)13(19)9-18-6-5-11-7-10(8-17)1-2-12(11)18/h1-7H,9H2. The lowest BCUT2D eigenvalue weighted by Crippen LogP contribution is -2.07. The zero-order valence-electron chi connectivity index (χ0n) is 10.3. The van der Waals surface area contributed by atoms with Crippen molar-refractivity contribution in [3.63, 3.8) is 0 Å². The number of halogens is 1. The van der Waals surface area contributed by atoms with Crippen LogP contribution in [0.4, 0.5) is 0 Å². The Kier molecular flexibility index (Phi) is 3.43. The number of rotatable bonds is 3. The molecule has 1 aromatic carbocycles. The summed E-state index contributed by atoms with van der Waals surface area (Å²) in [5.41, 5.74) is 1.59. The second-order valence-corrected chi connectivity index (χ2v) is 6.82. The Morgan fingerprint density at radius 3 is 2.85 bits per heavy atom. The molecule has 0 atom stereocenters. The van der Waals surface area contributed by atoms with Crippen LogP contribution in [0.5, 0.6) is 0 Å². The molecule has 98 valence electrons. The van der Waals surface area contributed by atoms with E-state index >= 15 is 0 Å². The molecule has 3 aromatic rings. The number of nitriles is 1. The first-order chi connectivity index (χ1) is 9.67. The van der Waals surface area contributed by atoms with Crippen LogP contribution in [-0.4, -0.2) is 10.4 Å². The maximum Gasteiger partial charge on any atom is 0.192 e. The summed E-state index contributed by atoms with van der Waals surface area (Å²) in [5.74, 6) is 0.0857. The van der Waals surface area contributed by atoms with Gasteiger partial charge in [-0.25, -0.2) is 0 Å². The van der Waals surface area contributed by atoms with Crippen molar-refractivity contribution in [1.82, 2.24) is 4.57 Å². The normalized spacial score (nSPS) is 10.6. The Hall–Kier alpha value is -1.90. The molecule has 0 radical (unpaired) electrons. The highest BCUT2D eigenvalue weighted by molar-refractivity contribution is 9.11. The van der Waals surface area contributed by atoms with Gasteiger partial charge in [-0.05, 0) is 52.3 Å². The number of hydrogen-bond acceptors (Lipinski definition) is 3. The van der Waals surface area contributed by atoms with Crippen LogP contribution < -0.4 is 0 Å². The van der Waals surface area contributed by atoms with E-state index < -0.39 is 0 Å². The minimum Gasteiger partial charge on any atom is -0.340 e. The zero-order chi connectivity index (χ0) is 14.1.